The second-order valence-corrected chi connectivity index (χ2v) is 6.73. The van der Waals surface area contributed by atoms with E-state index < -0.39 is 0 Å². The lowest BCUT2D eigenvalue weighted by atomic mass is 9.88. The number of carbonyl (C=O) groups is 2. The van der Waals surface area contributed by atoms with Crippen LogP contribution < -0.4 is 10.6 Å². The summed E-state index contributed by atoms with van der Waals surface area (Å²) in [6.45, 7) is 5.36. The monoisotopic (exact) mass is 338 g/mol. The minimum Gasteiger partial charge on any atom is -0.376 e. The third-order valence-corrected chi connectivity index (χ3v) is 4.23. The summed E-state index contributed by atoms with van der Waals surface area (Å²) in [7, 11) is 0. The summed E-state index contributed by atoms with van der Waals surface area (Å²) in [6.07, 6.45) is 1.45. The quantitative estimate of drug-likeness (QED) is 0.810. The van der Waals surface area contributed by atoms with E-state index in [0.717, 1.165) is 6.42 Å². The predicted octanol–water partition coefficient (Wildman–Crippen LogP) is 2.39. The molecule has 0 aromatic heterocycles. The summed E-state index contributed by atoms with van der Waals surface area (Å²) in [5, 5.41) is 6.04. The van der Waals surface area contributed by atoms with Crippen LogP contribution >= 0.6 is 11.6 Å². The van der Waals surface area contributed by atoms with Gasteiger partial charge in [0, 0.05) is 25.6 Å². The van der Waals surface area contributed by atoms with E-state index >= 15 is 0 Å². The Bertz CT molecular complexity index is 575. The van der Waals surface area contributed by atoms with Crippen molar-refractivity contribution in [3.05, 3.63) is 34.9 Å². The van der Waals surface area contributed by atoms with Gasteiger partial charge in [0.25, 0.3) is 5.91 Å². The Morgan fingerprint density at radius 3 is 2.65 bits per heavy atom. The molecule has 1 aromatic carbocycles. The number of ether oxygens (including phenoxy) is 1. The average molecular weight is 339 g/mol. The predicted molar refractivity (Wildman–Crippen MR) is 89.5 cm³/mol. The van der Waals surface area contributed by atoms with Gasteiger partial charge in [0.15, 0.2) is 0 Å². The summed E-state index contributed by atoms with van der Waals surface area (Å²) in [5.41, 5.74) is 0.185. The molecule has 1 saturated heterocycles. The van der Waals surface area contributed by atoms with Gasteiger partial charge in [-0.15, -0.1) is 0 Å². The van der Waals surface area contributed by atoms with Crippen molar-refractivity contribution >= 4 is 23.4 Å². The first-order valence-electron chi connectivity index (χ1n) is 7.83. The highest BCUT2D eigenvalue weighted by molar-refractivity contribution is 6.33. The van der Waals surface area contributed by atoms with Gasteiger partial charge in [-0.05, 0) is 38.8 Å². The van der Waals surface area contributed by atoms with E-state index in [1.165, 1.54) is 0 Å². The molecular formula is C17H23ClN2O3. The molecule has 2 rings (SSSR count). The van der Waals surface area contributed by atoms with Gasteiger partial charge in [0.1, 0.15) is 0 Å². The van der Waals surface area contributed by atoms with Gasteiger partial charge in [-0.1, -0.05) is 23.7 Å². The molecule has 5 nitrogen and oxygen atoms in total. The molecule has 2 amide bonds. The first-order valence-corrected chi connectivity index (χ1v) is 8.21. The summed E-state index contributed by atoms with van der Waals surface area (Å²) in [6, 6.07) is 6.87. The van der Waals surface area contributed by atoms with E-state index in [1.54, 1.807) is 24.3 Å². The van der Waals surface area contributed by atoms with Gasteiger partial charge in [0.05, 0.1) is 16.2 Å². The molecule has 126 valence electrons. The van der Waals surface area contributed by atoms with Crippen LogP contribution in [0.1, 0.15) is 37.0 Å². The Labute approximate surface area is 141 Å². The number of rotatable bonds is 5. The molecule has 1 fully saturated rings. The third kappa shape index (κ3) is 5.22. The Balaban J connectivity index is 1.72. The van der Waals surface area contributed by atoms with E-state index in [2.05, 4.69) is 10.6 Å². The van der Waals surface area contributed by atoms with Crippen molar-refractivity contribution in [2.45, 2.75) is 32.3 Å². The van der Waals surface area contributed by atoms with Crippen molar-refractivity contribution in [3.8, 4) is 0 Å². The molecule has 1 aliphatic heterocycles. The summed E-state index contributed by atoms with van der Waals surface area (Å²) in [5.74, 6) is -0.247. The van der Waals surface area contributed by atoms with Gasteiger partial charge in [-0.25, -0.2) is 0 Å². The number of hydrogen-bond donors (Lipinski definition) is 2. The maximum absolute atomic E-state index is 12.2. The first kappa shape index (κ1) is 17.8. The molecular weight excluding hydrogens is 316 g/mol. The average Bonchev–Trinajstić information content (AvgIpc) is 2.50. The highest BCUT2D eigenvalue weighted by Crippen LogP contribution is 2.28. The minimum absolute atomic E-state index is 0.0216. The molecule has 0 saturated carbocycles. The van der Waals surface area contributed by atoms with Crippen molar-refractivity contribution in [3.63, 3.8) is 0 Å². The number of halogens is 1. The number of benzene rings is 1. The Morgan fingerprint density at radius 2 is 1.96 bits per heavy atom. The molecule has 0 bridgehead atoms. The molecule has 0 spiro atoms. The molecule has 2 N–H and O–H groups in total. The van der Waals surface area contributed by atoms with Crippen LogP contribution in [0, 0.1) is 5.92 Å². The Morgan fingerprint density at radius 1 is 1.26 bits per heavy atom. The van der Waals surface area contributed by atoms with Crippen molar-refractivity contribution in [1.82, 2.24) is 10.6 Å². The van der Waals surface area contributed by atoms with Crippen LogP contribution in [0.4, 0.5) is 0 Å². The Kier molecular flexibility index (Phi) is 6.02. The first-order chi connectivity index (χ1) is 10.9. The van der Waals surface area contributed by atoms with Gasteiger partial charge in [-0.3, -0.25) is 9.59 Å². The van der Waals surface area contributed by atoms with Crippen molar-refractivity contribution in [1.29, 1.82) is 0 Å². The number of carbonyl (C=O) groups excluding carboxylic acids is 2. The fraction of sp³-hybridized carbons (Fsp3) is 0.529. The number of nitrogens with one attached hydrogen (secondary N) is 2. The summed E-state index contributed by atoms with van der Waals surface area (Å²) < 4.78 is 5.61. The summed E-state index contributed by atoms with van der Waals surface area (Å²) >= 11 is 5.97. The van der Waals surface area contributed by atoms with E-state index in [4.69, 9.17) is 16.3 Å². The van der Waals surface area contributed by atoms with Crippen LogP contribution in [0.5, 0.6) is 0 Å². The fourth-order valence-corrected chi connectivity index (χ4v) is 2.92. The molecule has 1 aliphatic rings. The number of amides is 2. The maximum Gasteiger partial charge on any atom is 0.252 e. The lowest BCUT2D eigenvalue weighted by Crippen LogP contribution is -2.43. The SMILES string of the molecule is CC1(C)C[C@@H](C(=O)NCCNC(=O)c2ccccc2Cl)CCO1. The molecule has 1 aromatic rings. The molecule has 0 aliphatic carbocycles. The largest absolute Gasteiger partial charge is 0.376 e. The molecule has 6 heteroatoms. The lowest BCUT2D eigenvalue weighted by Gasteiger charge is -2.34. The number of hydrogen-bond acceptors (Lipinski definition) is 3. The van der Waals surface area contributed by atoms with Crippen molar-refractivity contribution < 1.29 is 14.3 Å². The molecule has 23 heavy (non-hydrogen) atoms. The zero-order chi connectivity index (χ0) is 16.9. The van der Waals surface area contributed by atoms with E-state index in [9.17, 15) is 9.59 Å². The van der Waals surface area contributed by atoms with Crippen molar-refractivity contribution in [2.75, 3.05) is 19.7 Å². The van der Waals surface area contributed by atoms with Crippen molar-refractivity contribution in [2.24, 2.45) is 5.92 Å². The topological polar surface area (TPSA) is 67.4 Å². The Hall–Kier alpha value is -1.59. The van der Waals surface area contributed by atoms with Gasteiger partial charge < -0.3 is 15.4 Å². The van der Waals surface area contributed by atoms with Crippen LogP contribution in [-0.4, -0.2) is 37.1 Å². The van der Waals surface area contributed by atoms with Gasteiger partial charge in [0.2, 0.25) is 5.91 Å². The molecule has 1 heterocycles. The van der Waals surface area contributed by atoms with E-state index in [1.807, 2.05) is 13.8 Å². The molecule has 0 unspecified atom stereocenters. The summed E-state index contributed by atoms with van der Waals surface area (Å²) in [4.78, 5) is 24.1. The van der Waals surface area contributed by atoms with E-state index in [-0.39, 0.29) is 23.3 Å². The van der Waals surface area contributed by atoms with Crippen LogP contribution in [0.2, 0.25) is 5.02 Å². The van der Waals surface area contributed by atoms with Crippen LogP contribution in [0.3, 0.4) is 0 Å². The lowest BCUT2D eigenvalue weighted by molar-refractivity contribution is -0.135. The highest BCUT2D eigenvalue weighted by atomic mass is 35.5. The zero-order valence-corrected chi connectivity index (χ0v) is 14.3. The fourth-order valence-electron chi connectivity index (χ4n) is 2.70. The third-order valence-electron chi connectivity index (χ3n) is 3.90. The smallest absolute Gasteiger partial charge is 0.252 e. The van der Waals surface area contributed by atoms with Crippen LogP contribution in [-0.2, 0) is 9.53 Å². The maximum atomic E-state index is 12.2. The molecule has 1 atom stereocenters. The standard InChI is InChI=1S/C17H23ClN2O3/c1-17(2)11-12(7-10-23-17)15(21)19-8-9-20-16(22)13-5-3-4-6-14(13)18/h3-6,12H,7-11H2,1-2H3,(H,19,21)(H,20,22)/t12-/m0/s1. The normalized spacial score (nSPS) is 19.9. The second-order valence-electron chi connectivity index (χ2n) is 6.32. The van der Waals surface area contributed by atoms with Crippen LogP contribution in [0.15, 0.2) is 24.3 Å². The van der Waals surface area contributed by atoms with Gasteiger partial charge in [-0.2, -0.15) is 0 Å². The molecule has 0 radical (unpaired) electrons. The second kappa shape index (κ2) is 7.79. The van der Waals surface area contributed by atoms with E-state index in [0.29, 0.717) is 36.7 Å². The van der Waals surface area contributed by atoms with Gasteiger partial charge >= 0.3 is 0 Å². The highest BCUT2D eigenvalue weighted by Gasteiger charge is 2.32. The zero-order valence-electron chi connectivity index (χ0n) is 13.5. The van der Waals surface area contributed by atoms with Crippen LogP contribution in [0.25, 0.3) is 0 Å². The minimum atomic E-state index is -0.251.